The predicted octanol–water partition coefficient (Wildman–Crippen LogP) is 2.37. The first-order valence-corrected chi connectivity index (χ1v) is 5.91. The molecule has 0 aliphatic carbocycles. The van der Waals surface area contributed by atoms with Crippen LogP contribution in [0.5, 0.6) is 5.75 Å². The first-order chi connectivity index (χ1) is 15.3. The van der Waals surface area contributed by atoms with E-state index in [1.807, 2.05) is 0 Å². The molecule has 0 spiro atoms. The Hall–Kier alpha value is -2.40. The number of benzene rings is 2. The summed E-state index contributed by atoms with van der Waals surface area (Å²) in [4.78, 5) is 11.6. The molecule has 1 atom stereocenters. The van der Waals surface area contributed by atoms with Gasteiger partial charge < -0.3 is 15.8 Å². The maximum Gasteiger partial charge on any atom is 0.234 e. The second-order valence-corrected chi connectivity index (χ2v) is 3.91. The van der Waals surface area contributed by atoms with Gasteiger partial charge in [-0.3, -0.25) is 4.79 Å². The summed E-state index contributed by atoms with van der Waals surface area (Å²) in [6.45, 7) is -9.60. The summed E-state index contributed by atoms with van der Waals surface area (Å²) in [5, 5.41) is 1.56. The average Bonchev–Trinajstić information content (AvgIpc) is 2.68. The largest absolute Gasteiger partial charge is 0.489 e. The second-order valence-electron chi connectivity index (χ2n) is 3.91. The van der Waals surface area contributed by atoms with Gasteiger partial charge in [0.05, 0.1) is 15.6 Å². The topological polar surface area (TPSA) is 64.3 Å². The molecule has 0 saturated carbocycles. The highest BCUT2D eigenvalue weighted by Gasteiger charge is 2.07. The van der Waals surface area contributed by atoms with Gasteiger partial charge in [0.1, 0.15) is 18.1 Å². The lowest BCUT2D eigenvalue weighted by molar-refractivity contribution is -0.119. The molecule has 0 heterocycles. The molecule has 0 aliphatic rings. The molecule has 0 radical (unpaired) electrons. The van der Waals surface area contributed by atoms with Gasteiger partial charge in [-0.1, -0.05) is 24.2 Å². The SMILES string of the molecule is [2H]c1c([2H])c(C([2H])([2H])N[C@]([2H])(C(N)=O)C([2H])([2H])[2H])c([2H])c([2H])c1OC([2H])([2H])c1cccc(F)c1. The van der Waals surface area contributed by atoms with Crippen molar-refractivity contribution in [2.45, 2.75) is 25.9 Å². The van der Waals surface area contributed by atoms with Gasteiger partial charge in [-0.25, -0.2) is 4.39 Å². The fourth-order valence-corrected chi connectivity index (χ4v) is 1.26. The maximum absolute atomic E-state index is 13.5. The fraction of sp³-hybridized carbons (Fsp3) is 0.235. The Morgan fingerprint density at radius 3 is 2.91 bits per heavy atom. The fourth-order valence-electron chi connectivity index (χ4n) is 1.26. The van der Waals surface area contributed by atoms with Crippen LogP contribution in [0, 0.1) is 5.82 Å². The minimum Gasteiger partial charge on any atom is -0.489 e. The number of nitrogens with two attached hydrogens (primary N) is 1. The van der Waals surface area contributed by atoms with Crippen molar-refractivity contribution in [2.24, 2.45) is 5.73 Å². The molecule has 0 aromatic heterocycles. The Morgan fingerprint density at radius 2 is 2.27 bits per heavy atom. The van der Waals surface area contributed by atoms with E-state index in [1.165, 1.54) is 6.07 Å². The van der Waals surface area contributed by atoms with Gasteiger partial charge in [0.25, 0.3) is 0 Å². The van der Waals surface area contributed by atoms with E-state index in [2.05, 4.69) is 0 Å². The van der Waals surface area contributed by atoms with Crippen molar-refractivity contribution in [3.8, 4) is 5.75 Å². The minimum atomic E-state index is -3.48. The quantitative estimate of drug-likeness (QED) is 0.824. The summed E-state index contributed by atoms with van der Waals surface area (Å²) < 4.78 is 113. The second kappa shape index (κ2) is 7.56. The number of amides is 1. The summed E-state index contributed by atoms with van der Waals surface area (Å²) in [5.74, 6) is -3.52. The number of carbonyl (C=O) groups excluding carboxylic acids is 1. The van der Waals surface area contributed by atoms with E-state index < -0.39 is 73.1 Å². The molecule has 2 aromatic rings. The number of carbonyl (C=O) groups is 1. The van der Waals surface area contributed by atoms with Crippen LogP contribution < -0.4 is 15.8 Å². The number of nitrogens with one attached hydrogen (secondary N) is 1. The molecule has 0 bridgehead atoms. The Balaban J connectivity index is 2.62. The average molecular weight is 314 g/mol. The van der Waals surface area contributed by atoms with Crippen LogP contribution in [0.15, 0.2) is 48.4 Å². The zero-order chi connectivity index (χ0) is 26.4. The number of primary amides is 1. The van der Waals surface area contributed by atoms with Gasteiger partial charge in [0, 0.05) is 13.4 Å². The summed E-state index contributed by atoms with van der Waals surface area (Å²) >= 11 is 0. The Labute approximate surface area is 146 Å². The summed E-state index contributed by atoms with van der Waals surface area (Å²) in [7, 11) is 0. The Kier molecular flexibility index (Phi) is 2.19. The van der Waals surface area contributed by atoms with Crippen molar-refractivity contribution in [1.29, 1.82) is 0 Å². The van der Waals surface area contributed by atoms with Gasteiger partial charge in [0.15, 0.2) is 0 Å². The van der Waals surface area contributed by atoms with Gasteiger partial charge in [-0.15, -0.1) is 0 Å². The molecule has 0 aliphatic heterocycles. The lowest BCUT2D eigenvalue weighted by Crippen LogP contribution is -2.38. The number of halogens is 1. The highest BCUT2D eigenvalue weighted by molar-refractivity contribution is 5.79. The summed E-state index contributed by atoms with van der Waals surface area (Å²) in [6.07, 6.45) is 0. The molecule has 0 unspecified atom stereocenters. The minimum absolute atomic E-state index is 0.344. The molecule has 4 nitrogen and oxygen atoms in total. The molecule has 2 rings (SSSR count). The first kappa shape index (κ1) is 6.38. The lowest BCUT2D eigenvalue weighted by Gasteiger charge is -2.11. The molecule has 3 N–H and O–H groups in total. The highest BCUT2D eigenvalue weighted by atomic mass is 19.1. The Morgan fingerprint density at radius 1 is 1.50 bits per heavy atom. The molecule has 5 heteroatoms. The zero-order valence-corrected chi connectivity index (χ0v) is 11.1. The standard InChI is InChI=1S/C17H19FN2O2/c1-12(17(19)21)20-10-13-5-7-16(8-6-13)22-11-14-3-2-4-15(18)9-14/h2-9,12,20H,10-11H2,1H3,(H2,19,21)/t12-/m0/s1/i1D3,5D,6D,7D,8D,10D2,11D2,12D. The van der Waals surface area contributed by atoms with Crippen LogP contribution in [0.3, 0.4) is 0 Å². The zero-order valence-electron chi connectivity index (χ0n) is 23.1. The van der Waals surface area contributed by atoms with Crippen LogP contribution in [0.1, 0.15) is 34.4 Å². The smallest absolute Gasteiger partial charge is 0.234 e. The molecule has 2 aromatic carbocycles. The van der Waals surface area contributed by atoms with Crippen LogP contribution in [-0.4, -0.2) is 11.9 Å². The molecular formula is C17H19FN2O2. The first-order valence-electron chi connectivity index (χ1n) is 11.9. The summed E-state index contributed by atoms with van der Waals surface area (Å²) in [5.41, 5.74) is 3.54. The number of ether oxygens (including phenoxy) is 1. The van der Waals surface area contributed by atoms with Crippen molar-refractivity contribution in [2.75, 3.05) is 0 Å². The van der Waals surface area contributed by atoms with E-state index >= 15 is 0 Å². The maximum atomic E-state index is 13.5. The van der Waals surface area contributed by atoms with Gasteiger partial charge in [-0.2, -0.15) is 0 Å². The van der Waals surface area contributed by atoms with Crippen molar-refractivity contribution in [3.05, 3.63) is 65.4 Å². The highest BCUT2D eigenvalue weighted by Crippen LogP contribution is 2.14. The van der Waals surface area contributed by atoms with E-state index in [4.69, 9.17) is 26.9 Å². The lowest BCUT2D eigenvalue weighted by atomic mass is 10.2. The third-order valence-electron chi connectivity index (χ3n) is 2.26. The third kappa shape index (κ3) is 4.86. The monoisotopic (exact) mass is 314 g/mol. The molecule has 1 amide bonds. The van der Waals surface area contributed by atoms with Gasteiger partial charge in [0.2, 0.25) is 5.91 Å². The van der Waals surface area contributed by atoms with Gasteiger partial charge in [-0.05, 0) is 42.2 Å². The van der Waals surface area contributed by atoms with Crippen LogP contribution in [0.2, 0.25) is 0 Å². The molecule has 0 saturated heterocycles. The van der Waals surface area contributed by atoms with Crippen LogP contribution in [-0.2, 0) is 17.9 Å². The van der Waals surface area contributed by atoms with Crippen molar-refractivity contribution < 1.29 is 30.4 Å². The van der Waals surface area contributed by atoms with Crippen LogP contribution >= 0.6 is 0 Å². The molecular weight excluding hydrogens is 283 g/mol. The van der Waals surface area contributed by atoms with E-state index in [-0.39, 0.29) is 5.56 Å². The predicted molar refractivity (Wildman–Crippen MR) is 82.7 cm³/mol. The number of hydrogen-bond acceptors (Lipinski definition) is 3. The molecule has 0 fully saturated rings. The van der Waals surface area contributed by atoms with Crippen LogP contribution in [0.25, 0.3) is 0 Å². The van der Waals surface area contributed by atoms with Crippen molar-refractivity contribution in [3.63, 3.8) is 0 Å². The van der Waals surface area contributed by atoms with E-state index in [0.717, 1.165) is 18.2 Å². The van der Waals surface area contributed by atoms with E-state index in [9.17, 15) is 9.18 Å². The van der Waals surface area contributed by atoms with E-state index in [0.29, 0.717) is 0 Å². The third-order valence-corrected chi connectivity index (χ3v) is 2.26. The number of rotatable bonds is 7. The van der Waals surface area contributed by atoms with Crippen LogP contribution in [0.4, 0.5) is 4.39 Å². The Bertz CT molecular complexity index is 1100. The van der Waals surface area contributed by atoms with Crippen molar-refractivity contribution >= 4 is 5.91 Å². The summed E-state index contributed by atoms with van der Waals surface area (Å²) in [6, 6.07) is -3.55. The molecule has 22 heavy (non-hydrogen) atoms. The van der Waals surface area contributed by atoms with Gasteiger partial charge >= 0.3 is 0 Å². The van der Waals surface area contributed by atoms with Crippen molar-refractivity contribution in [1.82, 2.24) is 5.32 Å². The van der Waals surface area contributed by atoms with E-state index in [1.54, 1.807) is 5.32 Å². The molecule has 116 valence electrons. The number of hydrogen-bond donors (Lipinski definition) is 2. The normalized spacial score (nSPS) is 23.1.